The van der Waals surface area contributed by atoms with Crippen molar-refractivity contribution in [2.45, 2.75) is 51.5 Å². The van der Waals surface area contributed by atoms with Gasteiger partial charge < -0.3 is 5.73 Å². The van der Waals surface area contributed by atoms with Gasteiger partial charge in [0.1, 0.15) is 0 Å². The van der Waals surface area contributed by atoms with E-state index in [1.165, 1.54) is 25.7 Å². The highest BCUT2D eigenvalue weighted by atomic mass is 32.2. The molecule has 2 rings (SSSR count). The van der Waals surface area contributed by atoms with Crippen LogP contribution in [0.4, 0.5) is 0 Å². The van der Waals surface area contributed by atoms with Crippen LogP contribution < -0.4 is 5.73 Å². The molecule has 112 valence electrons. The van der Waals surface area contributed by atoms with Crippen molar-refractivity contribution in [1.82, 2.24) is 4.90 Å². The average Bonchev–Trinajstić information content (AvgIpc) is 2.76. The van der Waals surface area contributed by atoms with Crippen LogP contribution in [0.1, 0.15) is 46.0 Å². The highest BCUT2D eigenvalue weighted by Gasteiger charge is 2.47. The lowest BCUT2D eigenvalue weighted by atomic mass is 9.73. The predicted molar refractivity (Wildman–Crippen MR) is 78.9 cm³/mol. The van der Waals surface area contributed by atoms with Gasteiger partial charge in [0.05, 0.1) is 11.5 Å². The molecule has 0 saturated carbocycles. The fourth-order valence-electron chi connectivity index (χ4n) is 3.85. The first kappa shape index (κ1) is 15.3. The smallest absolute Gasteiger partial charge is 0.152 e. The maximum atomic E-state index is 11.8. The number of nitrogens with zero attached hydrogens (tertiary/aromatic N) is 1. The molecule has 0 radical (unpaired) electrons. The van der Waals surface area contributed by atoms with Gasteiger partial charge in [0.15, 0.2) is 9.84 Å². The Kier molecular flexibility index (Phi) is 4.29. The summed E-state index contributed by atoms with van der Waals surface area (Å²) in [4.78, 5) is 2.38. The number of hydrogen-bond donors (Lipinski definition) is 1. The van der Waals surface area contributed by atoms with E-state index < -0.39 is 9.84 Å². The van der Waals surface area contributed by atoms with Crippen LogP contribution in [0.15, 0.2) is 0 Å². The third-order valence-corrected chi connectivity index (χ3v) is 7.55. The molecular weight excluding hydrogens is 260 g/mol. The Morgan fingerprint density at radius 1 is 1.11 bits per heavy atom. The Bertz CT molecular complexity index is 407. The fraction of sp³-hybridized carbons (Fsp3) is 1.00. The molecule has 0 bridgehead atoms. The zero-order valence-corrected chi connectivity index (χ0v) is 13.1. The molecule has 0 aromatic heterocycles. The summed E-state index contributed by atoms with van der Waals surface area (Å²) in [6, 6.07) is 0. The lowest BCUT2D eigenvalue weighted by Crippen LogP contribution is -2.58. The van der Waals surface area contributed by atoms with Crippen LogP contribution >= 0.6 is 0 Å². The van der Waals surface area contributed by atoms with Crippen molar-refractivity contribution in [3.8, 4) is 0 Å². The molecule has 2 heterocycles. The fourth-order valence-corrected chi connectivity index (χ4v) is 5.95. The summed E-state index contributed by atoms with van der Waals surface area (Å²) in [5, 5.41) is 0. The minimum atomic E-state index is -2.88. The average molecular weight is 288 g/mol. The van der Waals surface area contributed by atoms with E-state index in [1.807, 2.05) is 0 Å². The second-order valence-electron chi connectivity index (χ2n) is 6.46. The van der Waals surface area contributed by atoms with E-state index in [-0.39, 0.29) is 11.3 Å². The van der Waals surface area contributed by atoms with Crippen LogP contribution in [0.25, 0.3) is 0 Å². The van der Waals surface area contributed by atoms with E-state index in [1.54, 1.807) is 0 Å². The molecule has 1 unspecified atom stereocenters. The van der Waals surface area contributed by atoms with Crippen LogP contribution in [0.5, 0.6) is 0 Å². The molecule has 0 amide bonds. The van der Waals surface area contributed by atoms with E-state index in [9.17, 15) is 8.42 Å². The Labute approximate surface area is 117 Å². The Balaban J connectivity index is 2.08. The summed E-state index contributed by atoms with van der Waals surface area (Å²) < 4.78 is 23.6. The van der Waals surface area contributed by atoms with Crippen LogP contribution in [-0.4, -0.2) is 50.0 Å². The minimum absolute atomic E-state index is 0.266. The monoisotopic (exact) mass is 288 g/mol. The van der Waals surface area contributed by atoms with Crippen LogP contribution in [0.3, 0.4) is 0 Å². The predicted octanol–water partition coefficient (Wildman–Crippen LogP) is 1.40. The molecule has 0 aromatic carbocycles. The summed E-state index contributed by atoms with van der Waals surface area (Å²) >= 11 is 0. The number of nitrogens with two attached hydrogens (primary N) is 1. The molecule has 2 N–H and O–H groups in total. The summed E-state index contributed by atoms with van der Waals surface area (Å²) in [5.74, 6) is 0.579. The topological polar surface area (TPSA) is 63.4 Å². The Morgan fingerprint density at radius 2 is 1.68 bits per heavy atom. The van der Waals surface area contributed by atoms with Crippen molar-refractivity contribution in [2.75, 3.05) is 31.1 Å². The van der Waals surface area contributed by atoms with Crippen molar-refractivity contribution < 1.29 is 8.42 Å². The lowest BCUT2D eigenvalue weighted by Gasteiger charge is -2.48. The van der Waals surface area contributed by atoms with Crippen molar-refractivity contribution in [3.63, 3.8) is 0 Å². The maximum absolute atomic E-state index is 11.8. The maximum Gasteiger partial charge on any atom is 0.152 e. The molecule has 0 aromatic rings. The van der Waals surface area contributed by atoms with E-state index in [2.05, 4.69) is 18.7 Å². The number of rotatable bonds is 4. The van der Waals surface area contributed by atoms with Crippen LogP contribution in [-0.2, 0) is 9.84 Å². The van der Waals surface area contributed by atoms with Gasteiger partial charge in [-0.15, -0.1) is 0 Å². The zero-order chi connectivity index (χ0) is 14.1. The van der Waals surface area contributed by atoms with Gasteiger partial charge in [-0.2, -0.15) is 0 Å². The molecule has 1 atom stereocenters. The van der Waals surface area contributed by atoms with Crippen molar-refractivity contribution in [2.24, 2.45) is 11.1 Å². The number of likely N-dealkylation sites (tertiary alicyclic amines) is 1. The third-order valence-electron chi connectivity index (χ3n) is 5.74. The molecule has 4 nitrogen and oxygen atoms in total. The summed E-state index contributed by atoms with van der Waals surface area (Å²) in [5.41, 5.74) is 6.15. The van der Waals surface area contributed by atoms with Crippen LogP contribution in [0.2, 0.25) is 0 Å². The molecule has 5 heteroatoms. The second kappa shape index (κ2) is 5.34. The molecular formula is C14H28N2O2S. The highest BCUT2D eigenvalue weighted by Crippen LogP contribution is 2.41. The van der Waals surface area contributed by atoms with Crippen molar-refractivity contribution >= 4 is 9.84 Å². The van der Waals surface area contributed by atoms with Crippen molar-refractivity contribution in [3.05, 3.63) is 0 Å². The van der Waals surface area contributed by atoms with Gasteiger partial charge in [0.25, 0.3) is 0 Å². The standard InChI is InChI=1S/C14H28N2O2S/c1-3-13(4-2)5-8-16(9-6-13)14(11-15)7-10-19(17,18)12-14/h3-12,15H2,1-2H3. The van der Waals surface area contributed by atoms with E-state index in [0.717, 1.165) is 19.5 Å². The van der Waals surface area contributed by atoms with E-state index in [4.69, 9.17) is 5.73 Å². The van der Waals surface area contributed by atoms with E-state index >= 15 is 0 Å². The number of piperidine rings is 1. The van der Waals surface area contributed by atoms with Gasteiger partial charge in [0, 0.05) is 12.1 Å². The van der Waals surface area contributed by atoms with Gasteiger partial charge in [0.2, 0.25) is 0 Å². The first-order chi connectivity index (χ1) is 8.91. The molecule has 2 fully saturated rings. The quantitative estimate of drug-likeness (QED) is 0.849. The number of hydrogen-bond acceptors (Lipinski definition) is 4. The van der Waals surface area contributed by atoms with Gasteiger partial charge in [-0.1, -0.05) is 26.7 Å². The SMILES string of the molecule is CCC1(CC)CCN(C2(CN)CCS(=O)(=O)C2)CC1. The third kappa shape index (κ3) is 2.83. The van der Waals surface area contributed by atoms with Crippen LogP contribution in [0, 0.1) is 5.41 Å². The zero-order valence-electron chi connectivity index (χ0n) is 12.3. The summed E-state index contributed by atoms with van der Waals surface area (Å²) in [7, 11) is -2.88. The molecule has 2 saturated heterocycles. The van der Waals surface area contributed by atoms with Gasteiger partial charge in [-0.3, -0.25) is 4.90 Å². The van der Waals surface area contributed by atoms with Gasteiger partial charge in [-0.25, -0.2) is 8.42 Å². The second-order valence-corrected chi connectivity index (χ2v) is 8.65. The molecule has 2 aliphatic rings. The summed E-state index contributed by atoms with van der Waals surface area (Å²) in [6.07, 6.45) is 5.54. The highest BCUT2D eigenvalue weighted by molar-refractivity contribution is 7.91. The number of sulfone groups is 1. The van der Waals surface area contributed by atoms with E-state index in [0.29, 0.717) is 17.7 Å². The minimum Gasteiger partial charge on any atom is -0.329 e. The molecule has 19 heavy (non-hydrogen) atoms. The van der Waals surface area contributed by atoms with Gasteiger partial charge in [-0.05, 0) is 37.8 Å². The molecule has 0 spiro atoms. The first-order valence-corrected chi connectivity index (χ1v) is 9.39. The molecule has 0 aliphatic carbocycles. The van der Waals surface area contributed by atoms with Gasteiger partial charge >= 0.3 is 0 Å². The van der Waals surface area contributed by atoms with Crippen molar-refractivity contribution in [1.29, 1.82) is 0 Å². The Morgan fingerprint density at radius 3 is 2.05 bits per heavy atom. The lowest BCUT2D eigenvalue weighted by molar-refractivity contribution is 0.0283. The Hall–Kier alpha value is -0.130. The summed E-state index contributed by atoms with van der Waals surface area (Å²) in [6.45, 7) is 7.04. The normalized spacial score (nSPS) is 34.5. The molecule has 2 aliphatic heterocycles. The largest absolute Gasteiger partial charge is 0.329 e. The first-order valence-electron chi connectivity index (χ1n) is 7.56.